The molecule has 1 N–H and O–H groups in total. The fourth-order valence-electron chi connectivity index (χ4n) is 0. The number of hydrogen-bond acceptors (Lipinski definition) is 1. The van der Waals surface area contributed by atoms with Gasteiger partial charge in [0.1, 0.15) is 0 Å². The summed E-state index contributed by atoms with van der Waals surface area (Å²) in [7, 11) is 0. The molecule has 0 rings (SSSR count). The van der Waals surface area contributed by atoms with Crippen LogP contribution in [0.4, 0.5) is 0 Å². The van der Waals surface area contributed by atoms with E-state index in [1.807, 2.05) is 0 Å². The molecule has 4 heteroatoms. The first-order chi connectivity index (χ1) is 2.64. The monoisotopic (exact) mass is 156 g/mol. The molecule has 0 spiro atoms. The van der Waals surface area contributed by atoms with Crippen LogP contribution in [0.5, 0.6) is 0 Å². The highest BCUT2D eigenvalue weighted by molar-refractivity contribution is 6.92. The zero-order chi connectivity index (χ0) is 5.15. The molecule has 0 fully saturated rings. The standard InChI is InChI=1S/C4H6O2.ClH.H3P/c1-3(2)4(5)6;;/h1H2,2H3,(H,5,6);1H;1H3. The predicted octanol–water partition coefficient (Wildman–Crippen LogP) is 1.13. The number of carboxylic acids is 1. The van der Waals surface area contributed by atoms with E-state index in [1.54, 1.807) is 0 Å². The zero-order valence-electron chi connectivity index (χ0n) is 4.68. The van der Waals surface area contributed by atoms with Crippen LogP contribution in [0.2, 0.25) is 0 Å². The lowest BCUT2D eigenvalue weighted by atomic mass is 10.4. The summed E-state index contributed by atoms with van der Waals surface area (Å²) < 4.78 is 0. The molecular formula is C4H10ClO2P. The minimum atomic E-state index is -0.935. The van der Waals surface area contributed by atoms with E-state index in [4.69, 9.17) is 5.11 Å². The molecule has 1 unspecified atom stereocenters. The molecule has 0 aromatic rings. The van der Waals surface area contributed by atoms with Gasteiger partial charge in [0.25, 0.3) is 0 Å². The summed E-state index contributed by atoms with van der Waals surface area (Å²) >= 11 is 0. The highest BCUT2D eigenvalue weighted by atomic mass is 35.5. The zero-order valence-corrected chi connectivity index (χ0v) is 6.91. The second-order valence-electron chi connectivity index (χ2n) is 1.09. The average Bonchev–Trinajstić information content (AvgIpc) is 1.36. The van der Waals surface area contributed by atoms with Crippen molar-refractivity contribution in [1.29, 1.82) is 0 Å². The molecule has 0 aliphatic heterocycles. The Balaban J connectivity index is -0.000000125. The van der Waals surface area contributed by atoms with Crippen molar-refractivity contribution in [2.24, 2.45) is 0 Å². The van der Waals surface area contributed by atoms with E-state index in [0.717, 1.165) is 0 Å². The Bertz CT molecular complexity index is 80.0. The van der Waals surface area contributed by atoms with Crippen molar-refractivity contribution >= 4 is 28.3 Å². The summed E-state index contributed by atoms with van der Waals surface area (Å²) in [6.07, 6.45) is 0. The largest absolute Gasteiger partial charge is 0.478 e. The van der Waals surface area contributed by atoms with E-state index in [0.29, 0.717) is 0 Å². The van der Waals surface area contributed by atoms with E-state index in [9.17, 15) is 4.79 Å². The van der Waals surface area contributed by atoms with Gasteiger partial charge < -0.3 is 5.11 Å². The van der Waals surface area contributed by atoms with Crippen LogP contribution in [-0.4, -0.2) is 11.1 Å². The lowest BCUT2D eigenvalue weighted by molar-refractivity contribution is -0.132. The SMILES string of the molecule is C=C(C)C(=O)O.Cl.P. The second-order valence-corrected chi connectivity index (χ2v) is 1.09. The highest BCUT2D eigenvalue weighted by Crippen LogP contribution is 1.81. The number of carboxylic acid groups (broad SMARTS) is 1. The molecule has 50 valence electrons. The van der Waals surface area contributed by atoms with Crippen molar-refractivity contribution in [3.05, 3.63) is 12.2 Å². The lowest BCUT2D eigenvalue weighted by Crippen LogP contribution is -1.92. The van der Waals surface area contributed by atoms with Crippen molar-refractivity contribution in [3.8, 4) is 0 Å². The van der Waals surface area contributed by atoms with Crippen LogP contribution in [-0.2, 0) is 4.79 Å². The molecule has 1 atom stereocenters. The minimum Gasteiger partial charge on any atom is -0.478 e. The maximum absolute atomic E-state index is 9.60. The van der Waals surface area contributed by atoms with E-state index in [1.165, 1.54) is 6.92 Å². The van der Waals surface area contributed by atoms with Gasteiger partial charge in [-0.05, 0) is 6.92 Å². The van der Waals surface area contributed by atoms with Crippen LogP contribution in [0.3, 0.4) is 0 Å². The van der Waals surface area contributed by atoms with E-state index in [2.05, 4.69) is 6.58 Å². The molecule has 0 radical (unpaired) electrons. The number of rotatable bonds is 1. The highest BCUT2D eigenvalue weighted by Gasteiger charge is 1.90. The second kappa shape index (κ2) is 6.93. The molecule has 0 amide bonds. The van der Waals surface area contributed by atoms with Gasteiger partial charge in [-0.15, -0.1) is 12.4 Å². The smallest absolute Gasteiger partial charge is 0.330 e. The van der Waals surface area contributed by atoms with Crippen LogP contribution >= 0.6 is 22.3 Å². The maximum Gasteiger partial charge on any atom is 0.330 e. The van der Waals surface area contributed by atoms with Gasteiger partial charge in [0.15, 0.2) is 0 Å². The topological polar surface area (TPSA) is 37.3 Å². The minimum absolute atomic E-state index is 0. The third-order valence-corrected chi connectivity index (χ3v) is 0.365. The van der Waals surface area contributed by atoms with Gasteiger partial charge >= 0.3 is 5.97 Å². The Morgan fingerprint density at radius 3 is 1.75 bits per heavy atom. The molecule has 0 aromatic carbocycles. The first kappa shape index (κ1) is 15.7. The van der Waals surface area contributed by atoms with Crippen molar-refractivity contribution in [3.63, 3.8) is 0 Å². The molecule has 0 saturated heterocycles. The Hall–Kier alpha value is -0.0700. The molecule has 0 heterocycles. The van der Waals surface area contributed by atoms with Crippen LogP contribution < -0.4 is 0 Å². The molecule has 0 aromatic heterocycles. The van der Waals surface area contributed by atoms with Crippen molar-refractivity contribution in [2.45, 2.75) is 6.92 Å². The summed E-state index contributed by atoms with van der Waals surface area (Å²) in [4.78, 5) is 9.60. The van der Waals surface area contributed by atoms with Gasteiger partial charge in [-0.3, -0.25) is 0 Å². The van der Waals surface area contributed by atoms with Gasteiger partial charge in [0.2, 0.25) is 0 Å². The van der Waals surface area contributed by atoms with Crippen molar-refractivity contribution < 1.29 is 9.90 Å². The van der Waals surface area contributed by atoms with Crippen molar-refractivity contribution in [2.75, 3.05) is 0 Å². The summed E-state index contributed by atoms with van der Waals surface area (Å²) in [6.45, 7) is 4.60. The number of aliphatic carboxylic acids is 1. The van der Waals surface area contributed by atoms with Crippen LogP contribution in [0.25, 0.3) is 0 Å². The summed E-state index contributed by atoms with van der Waals surface area (Å²) in [6, 6.07) is 0. The van der Waals surface area contributed by atoms with Gasteiger partial charge in [0, 0.05) is 5.57 Å². The van der Waals surface area contributed by atoms with Gasteiger partial charge in [-0.1, -0.05) is 6.58 Å². The van der Waals surface area contributed by atoms with E-state index < -0.39 is 5.97 Å². The van der Waals surface area contributed by atoms with E-state index >= 15 is 0 Å². The molecule has 0 bridgehead atoms. The Morgan fingerprint density at radius 1 is 1.62 bits per heavy atom. The average molecular weight is 157 g/mol. The Kier molecular flexibility index (Phi) is 13.6. The maximum atomic E-state index is 9.60. The van der Waals surface area contributed by atoms with Gasteiger partial charge in [0.05, 0.1) is 0 Å². The predicted molar refractivity (Wildman–Crippen MR) is 40.8 cm³/mol. The van der Waals surface area contributed by atoms with Crippen LogP contribution in [0, 0.1) is 0 Å². The summed E-state index contributed by atoms with van der Waals surface area (Å²) in [5.41, 5.74) is 0.176. The fourth-order valence-corrected chi connectivity index (χ4v) is 0. The molecule has 0 aliphatic carbocycles. The number of hydrogen-bond donors (Lipinski definition) is 1. The van der Waals surface area contributed by atoms with Crippen LogP contribution in [0.15, 0.2) is 12.2 Å². The van der Waals surface area contributed by atoms with Crippen molar-refractivity contribution in [1.82, 2.24) is 0 Å². The number of halogens is 1. The third-order valence-electron chi connectivity index (χ3n) is 0.365. The molecule has 0 aliphatic rings. The molecule has 0 saturated carbocycles. The first-order valence-electron chi connectivity index (χ1n) is 1.53. The Labute approximate surface area is 58.0 Å². The summed E-state index contributed by atoms with van der Waals surface area (Å²) in [5, 5.41) is 7.89. The fraction of sp³-hybridized carbons (Fsp3) is 0.250. The third kappa shape index (κ3) is 9.33. The van der Waals surface area contributed by atoms with Gasteiger partial charge in [-0.2, -0.15) is 9.90 Å². The number of carbonyl (C=O) groups is 1. The molecule has 2 nitrogen and oxygen atoms in total. The Morgan fingerprint density at radius 2 is 1.75 bits per heavy atom. The molecule has 8 heavy (non-hydrogen) atoms. The van der Waals surface area contributed by atoms with Crippen LogP contribution in [0.1, 0.15) is 6.92 Å². The normalized spacial score (nSPS) is 5.62. The van der Waals surface area contributed by atoms with E-state index in [-0.39, 0.29) is 27.9 Å². The first-order valence-corrected chi connectivity index (χ1v) is 1.53. The summed E-state index contributed by atoms with van der Waals surface area (Å²) in [5.74, 6) is -0.935. The quantitative estimate of drug-likeness (QED) is 0.457. The lowest BCUT2D eigenvalue weighted by Gasteiger charge is -1.79. The molecular weight excluding hydrogens is 146 g/mol. The van der Waals surface area contributed by atoms with Gasteiger partial charge in [-0.25, -0.2) is 4.79 Å².